The van der Waals surface area contributed by atoms with Crippen LogP contribution in [0.5, 0.6) is 0 Å². The van der Waals surface area contributed by atoms with Gasteiger partial charge in [-0.1, -0.05) is 0 Å². The van der Waals surface area contributed by atoms with Gasteiger partial charge in [-0.25, -0.2) is 9.37 Å². The van der Waals surface area contributed by atoms with Crippen LogP contribution >= 0.6 is 0 Å². The van der Waals surface area contributed by atoms with Crippen LogP contribution in [0.1, 0.15) is 27.7 Å². The highest BCUT2D eigenvalue weighted by Gasteiger charge is 2.40. The van der Waals surface area contributed by atoms with Crippen LogP contribution in [0.15, 0.2) is 18.3 Å². The first-order chi connectivity index (χ1) is 7.64. The van der Waals surface area contributed by atoms with E-state index >= 15 is 0 Å². The Morgan fingerprint density at radius 3 is 2.35 bits per heavy atom. The first-order valence-corrected chi connectivity index (χ1v) is 5.36. The largest absolute Gasteiger partial charge is 0.325 e. The maximum atomic E-state index is 12.7. The Labute approximate surface area is 100 Å². The second kappa shape index (κ2) is 4.41. The van der Waals surface area contributed by atoms with E-state index in [4.69, 9.17) is 5.73 Å². The Balaban J connectivity index is 2.83. The number of hydrogen-bond donors (Lipinski definition) is 2. The van der Waals surface area contributed by atoms with Crippen LogP contribution in [-0.2, 0) is 4.79 Å². The lowest BCUT2D eigenvalue weighted by Crippen LogP contribution is -2.53. The Morgan fingerprint density at radius 1 is 1.35 bits per heavy atom. The molecule has 1 aromatic heterocycles. The van der Waals surface area contributed by atoms with Gasteiger partial charge in [0, 0.05) is 5.54 Å². The smallest absolute Gasteiger partial charge is 0.233 e. The molecular formula is C12H18FN3O. The molecule has 0 saturated carbocycles. The molecule has 0 aliphatic heterocycles. The van der Waals surface area contributed by atoms with Gasteiger partial charge in [0.05, 0.1) is 11.6 Å². The van der Waals surface area contributed by atoms with Crippen molar-refractivity contribution in [2.45, 2.75) is 33.2 Å². The molecule has 0 aliphatic carbocycles. The van der Waals surface area contributed by atoms with Gasteiger partial charge in [0.1, 0.15) is 11.6 Å². The topological polar surface area (TPSA) is 68.0 Å². The SMILES string of the molecule is CC(C)(N)C(C)(C)C(=O)Nc1ccc(F)cn1. The van der Waals surface area contributed by atoms with Gasteiger partial charge in [0.15, 0.2) is 0 Å². The number of halogens is 1. The molecule has 0 spiro atoms. The van der Waals surface area contributed by atoms with E-state index < -0.39 is 16.8 Å². The van der Waals surface area contributed by atoms with Crippen LogP contribution in [-0.4, -0.2) is 16.4 Å². The summed E-state index contributed by atoms with van der Waals surface area (Å²) in [5, 5.41) is 2.62. The first kappa shape index (κ1) is 13.6. The zero-order valence-electron chi connectivity index (χ0n) is 10.5. The van der Waals surface area contributed by atoms with Gasteiger partial charge in [-0.15, -0.1) is 0 Å². The van der Waals surface area contributed by atoms with Crippen LogP contribution < -0.4 is 11.1 Å². The molecule has 0 saturated heterocycles. The monoisotopic (exact) mass is 239 g/mol. The van der Waals surface area contributed by atoms with Crippen molar-refractivity contribution >= 4 is 11.7 Å². The van der Waals surface area contributed by atoms with E-state index in [0.717, 1.165) is 6.20 Å². The quantitative estimate of drug-likeness (QED) is 0.846. The second-order valence-electron chi connectivity index (χ2n) is 5.16. The van der Waals surface area contributed by atoms with Crippen molar-refractivity contribution in [3.8, 4) is 0 Å². The molecule has 0 fully saturated rings. The van der Waals surface area contributed by atoms with Gasteiger partial charge in [-0.05, 0) is 39.8 Å². The van der Waals surface area contributed by atoms with Crippen LogP contribution in [0.2, 0.25) is 0 Å². The van der Waals surface area contributed by atoms with Crippen LogP contribution in [0, 0.1) is 11.2 Å². The molecule has 0 aliphatic rings. The normalized spacial score (nSPS) is 12.4. The lowest BCUT2D eigenvalue weighted by Gasteiger charge is -2.36. The summed E-state index contributed by atoms with van der Waals surface area (Å²) in [6, 6.07) is 2.65. The number of hydrogen-bond acceptors (Lipinski definition) is 3. The van der Waals surface area contributed by atoms with E-state index in [-0.39, 0.29) is 5.91 Å². The molecule has 0 bridgehead atoms. The Bertz CT molecular complexity index is 407. The number of rotatable bonds is 3. The molecule has 3 N–H and O–H groups in total. The molecule has 0 radical (unpaired) electrons. The zero-order chi connectivity index (χ0) is 13.3. The van der Waals surface area contributed by atoms with E-state index in [0.29, 0.717) is 5.82 Å². The third-order valence-corrected chi connectivity index (χ3v) is 3.15. The summed E-state index contributed by atoms with van der Waals surface area (Å²) in [6.07, 6.45) is 1.05. The lowest BCUT2D eigenvalue weighted by atomic mass is 9.74. The third kappa shape index (κ3) is 3.00. The highest BCUT2D eigenvalue weighted by molar-refractivity contribution is 5.94. The van der Waals surface area contributed by atoms with Gasteiger partial charge in [0.2, 0.25) is 5.91 Å². The van der Waals surface area contributed by atoms with E-state index in [9.17, 15) is 9.18 Å². The summed E-state index contributed by atoms with van der Waals surface area (Å²) in [6.45, 7) is 7.08. The molecule has 0 unspecified atom stereocenters. The van der Waals surface area contributed by atoms with Crippen LogP contribution in [0.3, 0.4) is 0 Å². The number of nitrogens with two attached hydrogens (primary N) is 1. The average Bonchev–Trinajstić information content (AvgIpc) is 2.19. The minimum absolute atomic E-state index is 0.246. The summed E-state index contributed by atoms with van der Waals surface area (Å²) >= 11 is 0. The van der Waals surface area contributed by atoms with Crippen molar-refractivity contribution in [1.82, 2.24) is 4.98 Å². The summed E-state index contributed by atoms with van der Waals surface area (Å²) in [5.41, 5.74) is 4.52. The molecule has 1 amide bonds. The molecular weight excluding hydrogens is 221 g/mol. The standard InChI is InChI=1S/C12H18FN3O/c1-11(2,12(3,4)14)10(17)16-9-6-5-8(13)7-15-9/h5-7H,14H2,1-4H3,(H,15,16,17). The Hall–Kier alpha value is -1.49. The zero-order valence-corrected chi connectivity index (χ0v) is 10.5. The molecule has 1 aromatic rings. The third-order valence-electron chi connectivity index (χ3n) is 3.15. The fourth-order valence-corrected chi connectivity index (χ4v) is 1.01. The number of anilines is 1. The molecule has 1 heterocycles. The maximum Gasteiger partial charge on any atom is 0.233 e. The maximum absolute atomic E-state index is 12.7. The number of carbonyl (C=O) groups is 1. The minimum atomic E-state index is -0.761. The van der Waals surface area contributed by atoms with Crippen LogP contribution in [0.25, 0.3) is 0 Å². The van der Waals surface area contributed by atoms with E-state index in [2.05, 4.69) is 10.3 Å². The summed E-state index contributed by atoms with van der Waals surface area (Å²) in [7, 11) is 0. The summed E-state index contributed by atoms with van der Waals surface area (Å²) in [5.74, 6) is -0.376. The molecule has 0 atom stereocenters. The fourth-order valence-electron chi connectivity index (χ4n) is 1.01. The highest BCUT2D eigenvalue weighted by Crippen LogP contribution is 2.29. The van der Waals surface area contributed by atoms with E-state index in [1.807, 2.05) is 0 Å². The van der Waals surface area contributed by atoms with Crippen molar-refractivity contribution < 1.29 is 9.18 Å². The van der Waals surface area contributed by atoms with Crippen molar-refractivity contribution in [2.75, 3.05) is 5.32 Å². The molecule has 17 heavy (non-hydrogen) atoms. The second-order valence-corrected chi connectivity index (χ2v) is 5.16. The van der Waals surface area contributed by atoms with Crippen molar-refractivity contribution in [1.29, 1.82) is 0 Å². The van der Waals surface area contributed by atoms with Gasteiger partial charge >= 0.3 is 0 Å². The number of aromatic nitrogens is 1. The summed E-state index contributed by atoms with van der Waals surface area (Å²) < 4.78 is 12.7. The van der Waals surface area contributed by atoms with Crippen molar-refractivity contribution in [2.24, 2.45) is 11.1 Å². The van der Waals surface area contributed by atoms with Gasteiger partial charge in [-0.3, -0.25) is 4.79 Å². The Morgan fingerprint density at radius 2 is 1.94 bits per heavy atom. The number of carbonyl (C=O) groups excluding carboxylic acids is 1. The van der Waals surface area contributed by atoms with E-state index in [1.54, 1.807) is 27.7 Å². The fraction of sp³-hybridized carbons (Fsp3) is 0.500. The summed E-state index contributed by atoms with van der Waals surface area (Å²) in [4.78, 5) is 15.8. The molecule has 5 heteroatoms. The van der Waals surface area contributed by atoms with Gasteiger partial charge in [-0.2, -0.15) is 0 Å². The predicted octanol–water partition coefficient (Wildman–Crippen LogP) is 1.92. The van der Waals surface area contributed by atoms with E-state index in [1.165, 1.54) is 12.1 Å². The Kier molecular flexibility index (Phi) is 3.52. The average molecular weight is 239 g/mol. The number of nitrogens with one attached hydrogen (secondary N) is 1. The van der Waals surface area contributed by atoms with Gasteiger partial charge < -0.3 is 11.1 Å². The first-order valence-electron chi connectivity index (χ1n) is 5.36. The number of pyridine rings is 1. The molecule has 94 valence electrons. The predicted molar refractivity (Wildman–Crippen MR) is 64.9 cm³/mol. The number of amides is 1. The molecule has 0 aromatic carbocycles. The van der Waals surface area contributed by atoms with Crippen LogP contribution in [0.4, 0.5) is 10.2 Å². The number of nitrogens with zero attached hydrogens (tertiary/aromatic N) is 1. The van der Waals surface area contributed by atoms with Gasteiger partial charge in [0.25, 0.3) is 0 Å². The molecule has 4 nitrogen and oxygen atoms in total. The van der Waals surface area contributed by atoms with Crippen molar-refractivity contribution in [3.63, 3.8) is 0 Å². The lowest BCUT2D eigenvalue weighted by molar-refractivity contribution is -0.126. The van der Waals surface area contributed by atoms with Crippen molar-refractivity contribution in [3.05, 3.63) is 24.1 Å². The minimum Gasteiger partial charge on any atom is -0.325 e. The highest BCUT2D eigenvalue weighted by atomic mass is 19.1. The molecule has 1 rings (SSSR count).